The molecule has 0 radical (unpaired) electrons. The molecule has 0 saturated carbocycles. The van der Waals surface area contributed by atoms with Gasteiger partial charge in [0, 0.05) is 13.6 Å². The topological polar surface area (TPSA) is 108 Å². The molecule has 3 heterocycles. The van der Waals surface area contributed by atoms with E-state index in [0.717, 1.165) is 19.3 Å². The standard InChI is InChI=1S/C23H39N3O5/c1-7-9-10-25-20(29)18-23-11-14(4)22(5,31-23)16(19(28)24-6)17(23)21(30)26(18)15(12-27)13(3)8-2/h13-18,27H,7-12H2,1-6H3,(H,24,28)(H,25,29)/t13-,14?,15-,16-,17-,18?,22+,23?/m0/s1. The second-order valence-electron chi connectivity index (χ2n) is 9.84. The molecule has 3 N–H and O–H groups in total. The zero-order valence-electron chi connectivity index (χ0n) is 19.7. The molecule has 1 spiro atoms. The van der Waals surface area contributed by atoms with E-state index >= 15 is 0 Å². The first kappa shape index (κ1) is 24.0. The maximum Gasteiger partial charge on any atom is 0.245 e. The van der Waals surface area contributed by atoms with Crippen molar-refractivity contribution in [3.05, 3.63) is 0 Å². The summed E-state index contributed by atoms with van der Waals surface area (Å²) in [6, 6.07) is -1.36. The lowest BCUT2D eigenvalue weighted by atomic mass is 9.62. The number of rotatable bonds is 9. The van der Waals surface area contributed by atoms with E-state index in [4.69, 9.17) is 4.74 Å². The van der Waals surface area contributed by atoms with Crippen molar-refractivity contribution in [1.29, 1.82) is 0 Å². The molecule has 3 unspecified atom stereocenters. The van der Waals surface area contributed by atoms with Gasteiger partial charge in [0.25, 0.3) is 0 Å². The van der Waals surface area contributed by atoms with Gasteiger partial charge in [0.05, 0.1) is 30.1 Å². The van der Waals surface area contributed by atoms with Gasteiger partial charge in [-0.05, 0) is 31.6 Å². The van der Waals surface area contributed by atoms with Crippen LogP contribution in [0.2, 0.25) is 0 Å². The number of carbonyl (C=O) groups is 3. The molecule has 176 valence electrons. The number of ether oxygens (including phenoxy) is 1. The summed E-state index contributed by atoms with van der Waals surface area (Å²) in [4.78, 5) is 41.9. The highest BCUT2D eigenvalue weighted by molar-refractivity contribution is 5.99. The van der Waals surface area contributed by atoms with Crippen LogP contribution in [0.5, 0.6) is 0 Å². The Kier molecular flexibility index (Phi) is 6.73. The van der Waals surface area contributed by atoms with Crippen molar-refractivity contribution < 1.29 is 24.2 Å². The average molecular weight is 438 g/mol. The van der Waals surface area contributed by atoms with Crippen LogP contribution in [-0.4, -0.2) is 71.2 Å². The van der Waals surface area contributed by atoms with Crippen molar-refractivity contribution in [2.75, 3.05) is 20.2 Å². The average Bonchev–Trinajstić information content (AvgIpc) is 3.25. The van der Waals surface area contributed by atoms with Gasteiger partial charge in [0.1, 0.15) is 11.6 Å². The first-order valence-electron chi connectivity index (χ1n) is 11.8. The van der Waals surface area contributed by atoms with Crippen LogP contribution in [0.4, 0.5) is 0 Å². The molecule has 3 aliphatic rings. The predicted molar refractivity (Wildman–Crippen MR) is 116 cm³/mol. The van der Waals surface area contributed by atoms with Gasteiger partial charge in [-0.3, -0.25) is 14.4 Å². The molecule has 8 atom stereocenters. The Morgan fingerprint density at radius 2 is 2.00 bits per heavy atom. The third kappa shape index (κ3) is 3.37. The Morgan fingerprint density at radius 1 is 1.32 bits per heavy atom. The van der Waals surface area contributed by atoms with Gasteiger partial charge in [0.15, 0.2) is 0 Å². The Labute approximate surface area is 185 Å². The third-order valence-electron chi connectivity index (χ3n) is 8.20. The molecule has 0 aliphatic carbocycles. The van der Waals surface area contributed by atoms with Crippen molar-refractivity contribution in [3.63, 3.8) is 0 Å². The molecule has 0 aromatic rings. The molecule has 3 aliphatic heterocycles. The molecule has 3 fully saturated rings. The highest BCUT2D eigenvalue weighted by Crippen LogP contribution is 2.65. The molecule has 31 heavy (non-hydrogen) atoms. The summed E-state index contributed by atoms with van der Waals surface area (Å²) in [5.41, 5.74) is -1.86. The number of carbonyl (C=O) groups excluding carboxylic acids is 3. The largest absolute Gasteiger partial charge is 0.394 e. The Hall–Kier alpha value is -1.67. The Morgan fingerprint density at radius 3 is 2.55 bits per heavy atom. The van der Waals surface area contributed by atoms with E-state index in [-0.39, 0.29) is 36.2 Å². The highest BCUT2D eigenvalue weighted by Gasteiger charge is 2.80. The summed E-state index contributed by atoms with van der Waals surface area (Å²) in [7, 11) is 1.57. The van der Waals surface area contributed by atoms with Crippen LogP contribution in [0.1, 0.15) is 60.3 Å². The number of amides is 3. The van der Waals surface area contributed by atoms with Gasteiger partial charge >= 0.3 is 0 Å². The van der Waals surface area contributed by atoms with Gasteiger partial charge in [0.2, 0.25) is 17.7 Å². The lowest BCUT2D eigenvalue weighted by molar-refractivity contribution is -0.152. The molecule has 0 aromatic heterocycles. The minimum absolute atomic E-state index is 0.00113. The summed E-state index contributed by atoms with van der Waals surface area (Å²) in [6.45, 7) is 10.2. The zero-order valence-corrected chi connectivity index (χ0v) is 19.7. The lowest BCUT2D eigenvalue weighted by Gasteiger charge is -2.39. The van der Waals surface area contributed by atoms with E-state index in [0.29, 0.717) is 13.0 Å². The summed E-state index contributed by atoms with van der Waals surface area (Å²) < 4.78 is 6.60. The minimum Gasteiger partial charge on any atom is -0.394 e. The fourth-order valence-corrected chi connectivity index (χ4v) is 6.19. The number of nitrogens with one attached hydrogen (secondary N) is 2. The second-order valence-corrected chi connectivity index (χ2v) is 9.84. The van der Waals surface area contributed by atoms with Gasteiger partial charge in [-0.2, -0.15) is 0 Å². The lowest BCUT2D eigenvalue weighted by Crippen LogP contribution is -2.59. The van der Waals surface area contributed by atoms with Crippen LogP contribution >= 0.6 is 0 Å². The third-order valence-corrected chi connectivity index (χ3v) is 8.20. The van der Waals surface area contributed by atoms with E-state index in [2.05, 4.69) is 17.6 Å². The van der Waals surface area contributed by atoms with Crippen molar-refractivity contribution >= 4 is 17.7 Å². The van der Waals surface area contributed by atoms with Crippen LogP contribution in [0.15, 0.2) is 0 Å². The molecular weight excluding hydrogens is 398 g/mol. The summed E-state index contributed by atoms with van der Waals surface area (Å²) in [5, 5.41) is 15.9. The van der Waals surface area contributed by atoms with Crippen molar-refractivity contribution in [1.82, 2.24) is 15.5 Å². The van der Waals surface area contributed by atoms with Gasteiger partial charge in [-0.1, -0.05) is 40.5 Å². The van der Waals surface area contributed by atoms with Crippen LogP contribution in [0.3, 0.4) is 0 Å². The zero-order chi connectivity index (χ0) is 23.1. The van der Waals surface area contributed by atoms with Crippen molar-refractivity contribution in [2.24, 2.45) is 23.7 Å². The van der Waals surface area contributed by atoms with Crippen LogP contribution in [-0.2, 0) is 19.1 Å². The van der Waals surface area contributed by atoms with E-state index < -0.39 is 35.1 Å². The quantitative estimate of drug-likeness (QED) is 0.468. The summed E-state index contributed by atoms with van der Waals surface area (Å²) in [5.74, 6) is -2.11. The monoisotopic (exact) mass is 437 g/mol. The first-order chi connectivity index (χ1) is 14.6. The van der Waals surface area contributed by atoms with E-state index in [9.17, 15) is 19.5 Å². The fraction of sp³-hybridized carbons (Fsp3) is 0.870. The highest BCUT2D eigenvalue weighted by atomic mass is 16.5. The number of likely N-dealkylation sites (tertiary alicyclic amines) is 1. The summed E-state index contributed by atoms with van der Waals surface area (Å²) >= 11 is 0. The summed E-state index contributed by atoms with van der Waals surface area (Å²) in [6.07, 6.45) is 3.07. The number of nitrogens with zero attached hydrogens (tertiary/aromatic N) is 1. The molecule has 3 rings (SSSR count). The molecule has 3 saturated heterocycles. The van der Waals surface area contributed by atoms with Crippen molar-refractivity contribution in [2.45, 2.75) is 83.6 Å². The van der Waals surface area contributed by atoms with Crippen LogP contribution < -0.4 is 10.6 Å². The van der Waals surface area contributed by atoms with E-state index in [1.807, 2.05) is 27.7 Å². The normalized spacial score (nSPS) is 38.2. The Balaban J connectivity index is 2.11. The Bertz CT molecular complexity index is 730. The van der Waals surface area contributed by atoms with E-state index in [1.54, 1.807) is 11.9 Å². The molecule has 8 nitrogen and oxygen atoms in total. The van der Waals surface area contributed by atoms with Gasteiger partial charge < -0.3 is 25.4 Å². The van der Waals surface area contributed by atoms with E-state index in [1.165, 1.54) is 0 Å². The minimum atomic E-state index is -1.06. The van der Waals surface area contributed by atoms with Gasteiger partial charge in [-0.15, -0.1) is 0 Å². The SMILES string of the molecule is CCCCNC(=O)C1N([C@@H](CO)[C@@H](C)CC)C(=O)[C@@H]2[C@@H](C(=O)NC)[C@]3(C)OC12CC3C. The predicted octanol–water partition coefficient (Wildman–Crippen LogP) is 1.07. The van der Waals surface area contributed by atoms with Crippen molar-refractivity contribution in [3.8, 4) is 0 Å². The van der Waals surface area contributed by atoms with Crippen LogP contribution in [0, 0.1) is 23.7 Å². The molecule has 8 heteroatoms. The number of aliphatic hydroxyl groups excluding tert-OH is 1. The fourth-order valence-electron chi connectivity index (χ4n) is 6.19. The number of hydrogen-bond acceptors (Lipinski definition) is 5. The number of aliphatic hydroxyl groups is 1. The maximum absolute atomic E-state index is 13.9. The number of fused-ring (bicyclic) bond motifs is 1. The molecule has 2 bridgehead atoms. The number of unbranched alkanes of at least 4 members (excludes halogenated alkanes) is 1. The van der Waals surface area contributed by atoms with Crippen LogP contribution in [0.25, 0.3) is 0 Å². The van der Waals surface area contributed by atoms with Gasteiger partial charge in [-0.25, -0.2) is 0 Å². The molecular formula is C23H39N3O5. The second kappa shape index (κ2) is 8.70. The number of hydrogen-bond donors (Lipinski definition) is 3. The molecule has 0 aromatic carbocycles. The molecule has 3 amide bonds. The smallest absolute Gasteiger partial charge is 0.245 e. The first-order valence-corrected chi connectivity index (χ1v) is 11.8. The maximum atomic E-state index is 13.9.